The fourth-order valence-electron chi connectivity index (χ4n) is 2.23. The van der Waals surface area contributed by atoms with Gasteiger partial charge in [-0.1, -0.05) is 18.2 Å². The number of carbonyl (C=O) groups is 1. The first-order valence-electron chi connectivity index (χ1n) is 6.62. The Morgan fingerprint density at radius 1 is 1.24 bits per heavy atom. The van der Waals surface area contributed by atoms with Gasteiger partial charge in [0.2, 0.25) is 0 Å². The van der Waals surface area contributed by atoms with Crippen molar-refractivity contribution >= 4 is 23.0 Å². The molecular formula is C16H15N3O2. The van der Waals surface area contributed by atoms with Crippen LogP contribution in [0.15, 0.2) is 45.9 Å². The second-order valence-electron chi connectivity index (χ2n) is 4.82. The van der Waals surface area contributed by atoms with Gasteiger partial charge in [0.15, 0.2) is 5.76 Å². The molecule has 5 heteroatoms. The van der Waals surface area contributed by atoms with Crippen LogP contribution in [0.25, 0.3) is 10.9 Å². The van der Waals surface area contributed by atoms with Crippen molar-refractivity contribution in [1.82, 2.24) is 10.4 Å². The second-order valence-corrected chi connectivity index (χ2v) is 4.82. The van der Waals surface area contributed by atoms with Gasteiger partial charge in [-0.15, -0.1) is 0 Å². The molecule has 21 heavy (non-hydrogen) atoms. The van der Waals surface area contributed by atoms with Gasteiger partial charge < -0.3 is 9.40 Å². The van der Waals surface area contributed by atoms with E-state index in [1.54, 1.807) is 25.3 Å². The normalized spacial score (nSPS) is 11.3. The van der Waals surface area contributed by atoms with Crippen LogP contribution in [0, 0.1) is 13.8 Å². The molecule has 1 aromatic carbocycles. The highest BCUT2D eigenvalue weighted by Crippen LogP contribution is 2.19. The fourth-order valence-corrected chi connectivity index (χ4v) is 2.23. The topological polar surface area (TPSA) is 70.4 Å². The Labute approximate surface area is 121 Å². The van der Waals surface area contributed by atoms with E-state index in [1.807, 2.05) is 31.2 Å². The number of nitrogens with zero attached hydrogens (tertiary/aromatic N) is 1. The number of fused-ring (bicyclic) bond motifs is 1. The third-order valence-electron chi connectivity index (χ3n) is 3.27. The van der Waals surface area contributed by atoms with E-state index in [4.69, 9.17) is 4.42 Å². The smallest absolute Gasteiger partial charge is 0.307 e. The molecule has 0 aliphatic heterocycles. The van der Waals surface area contributed by atoms with Crippen molar-refractivity contribution in [3.05, 3.63) is 59.2 Å². The lowest BCUT2D eigenvalue weighted by atomic mass is 10.1. The Kier molecular flexibility index (Phi) is 3.31. The summed E-state index contributed by atoms with van der Waals surface area (Å²) >= 11 is 0. The molecule has 3 aromatic rings. The molecular weight excluding hydrogens is 266 g/mol. The number of aromatic nitrogens is 1. The van der Waals surface area contributed by atoms with Crippen molar-refractivity contribution in [1.29, 1.82) is 0 Å². The van der Waals surface area contributed by atoms with Crippen LogP contribution in [0.2, 0.25) is 0 Å². The van der Waals surface area contributed by atoms with Crippen LogP contribution in [0.5, 0.6) is 0 Å². The number of rotatable bonds is 3. The van der Waals surface area contributed by atoms with E-state index in [1.165, 1.54) is 0 Å². The van der Waals surface area contributed by atoms with Crippen molar-refractivity contribution in [3.8, 4) is 0 Å². The largest absolute Gasteiger partial charge is 0.456 e. The van der Waals surface area contributed by atoms with E-state index in [2.05, 4.69) is 15.5 Å². The summed E-state index contributed by atoms with van der Waals surface area (Å²) in [5.41, 5.74) is 5.47. The minimum atomic E-state index is -0.364. The van der Waals surface area contributed by atoms with Gasteiger partial charge in [0.25, 0.3) is 0 Å². The SMILES string of the molecule is Cc1ccc(C(=O)N/N=C\c2c(C)[nH]c3ccccc23)o1. The first kappa shape index (κ1) is 13.2. The molecule has 0 aliphatic rings. The predicted octanol–water partition coefficient (Wildman–Crippen LogP) is 3.14. The summed E-state index contributed by atoms with van der Waals surface area (Å²) in [5, 5.41) is 5.08. The Morgan fingerprint density at radius 2 is 2.05 bits per heavy atom. The van der Waals surface area contributed by atoms with Gasteiger partial charge in [0.05, 0.1) is 6.21 Å². The zero-order valence-electron chi connectivity index (χ0n) is 11.8. The van der Waals surface area contributed by atoms with Crippen molar-refractivity contribution in [2.24, 2.45) is 5.10 Å². The summed E-state index contributed by atoms with van der Waals surface area (Å²) in [7, 11) is 0. The van der Waals surface area contributed by atoms with Gasteiger partial charge >= 0.3 is 5.91 Å². The quantitative estimate of drug-likeness (QED) is 0.572. The van der Waals surface area contributed by atoms with Crippen LogP contribution in [-0.2, 0) is 0 Å². The number of H-pyrrole nitrogens is 1. The average molecular weight is 281 g/mol. The fraction of sp³-hybridized carbons (Fsp3) is 0.125. The lowest BCUT2D eigenvalue weighted by Crippen LogP contribution is -2.16. The van der Waals surface area contributed by atoms with Crippen LogP contribution in [-0.4, -0.2) is 17.1 Å². The maximum Gasteiger partial charge on any atom is 0.307 e. The number of nitrogens with one attached hydrogen (secondary N) is 2. The molecule has 106 valence electrons. The van der Waals surface area contributed by atoms with Crippen molar-refractivity contribution in [2.45, 2.75) is 13.8 Å². The Morgan fingerprint density at radius 3 is 2.81 bits per heavy atom. The minimum Gasteiger partial charge on any atom is -0.456 e. The molecule has 0 radical (unpaired) electrons. The van der Waals surface area contributed by atoms with Gasteiger partial charge in [-0.25, -0.2) is 5.43 Å². The van der Waals surface area contributed by atoms with Crippen LogP contribution in [0.1, 0.15) is 27.6 Å². The number of hydrogen-bond acceptors (Lipinski definition) is 3. The van der Waals surface area contributed by atoms with E-state index in [-0.39, 0.29) is 11.7 Å². The summed E-state index contributed by atoms with van der Waals surface area (Å²) in [5.74, 6) is 0.578. The standard InChI is InChI=1S/C16H15N3O2/c1-10-7-8-15(21-10)16(20)19-17-9-13-11(2)18-14-6-4-3-5-12(13)14/h3-9,18H,1-2H3,(H,19,20)/b17-9-. The molecule has 3 rings (SSSR count). The molecule has 0 unspecified atom stereocenters. The molecule has 2 N–H and O–H groups in total. The third-order valence-corrected chi connectivity index (χ3v) is 3.27. The molecule has 0 fully saturated rings. The van der Waals surface area contributed by atoms with E-state index >= 15 is 0 Å². The number of hydrazone groups is 1. The van der Waals surface area contributed by atoms with Crippen LogP contribution in [0.3, 0.4) is 0 Å². The number of carbonyl (C=O) groups excluding carboxylic acids is 1. The molecule has 1 amide bonds. The monoisotopic (exact) mass is 281 g/mol. The molecule has 0 aliphatic carbocycles. The highest BCUT2D eigenvalue weighted by molar-refractivity contribution is 6.01. The Balaban J connectivity index is 1.79. The summed E-state index contributed by atoms with van der Waals surface area (Å²) in [6.07, 6.45) is 1.64. The van der Waals surface area contributed by atoms with Gasteiger partial charge in [0.1, 0.15) is 5.76 Å². The highest BCUT2D eigenvalue weighted by Gasteiger charge is 2.09. The van der Waals surface area contributed by atoms with E-state index < -0.39 is 0 Å². The summed E-state index contributed by atoms with van der Waals surface area (Å²) in [4.78, 5) is 15.1. The molecule has 0 saturated heterocycles. The molecule has 0 bridgehead atoms. The Bertz CT molecular complexity index is 827. The lowest BCUT2D eigenvalue weighted by Gasteiger charge is -1.96. The molecule has 0 atom stereocenters. The number of aromatic amines is 1. The van der Waals surface area contributed by atoms with Crippen molar-refractivity contribution < 1.29 is 9.21 Å². The first-order chi connectivity index (χ1) is 10.1. The van der Waals surface area contributed by atoms with Gasteiger partial charge in [0, 0.05) is 22.2 Å². The highest BCUT2D eigenvalue weighted by atomic mass is 16.3. The van der Waals surface area contributed by atoms with Gasteiger partial charge in [-0.3, -0.25) is 4.79 Å². The van der Waals surface area contributed by atoms with E-state index in [0.29, 0.717) is 5.76 Å². The zero-order valence-corrected chi connectivity index (χ0v) is 11.8. The molecule has 0 saturated carbocycles. The number of aryl methyl sites for hydroxylation is 2. The predicted molar refractivity (Wildman–Crippen MR) is 81.5 cm³/mol. The minimum absolute atomic E-state index is 0.250. The number of furan rings is 1. The summed E-state index contributed by atoms with van der Waals surface area (Å²) in [6, 6.07) is 11.3. The molecule has 5 nitrogen and oxygen atoms in total. The zero-order chi connectivity index (χ0) is 14.8. The molecule has 2 aromatic heterocycles. The number of benzene rings is 1. The summed E-state index contributed by atoms with van der Waals surface area (Å²) in [6.45, 7) is 3.76. The number of hydrogen-bond donors (Lipinski definition) is 2. The van der Waals surface area contributed by atoms with Crippen molar-refractivity contribution in [3.63, 3.8) is 0 Å². The maximum absolute atomic E-state index is 11.8. The maximum atomic E-state index is 11.8. The van der Waals surface area contributed by atoms with Crippen LogP contribution >= 0.6 is 0 Å². The lowest BCUT2D eigenvalue weighted by molar-refractivity contribution is 0.0926. The molecule has 2 heterocycles. The second kappa shape index (κ2) is 5.28. The van der Waals surface area contributed by atoms with Crippen LogP contribution in [0.4, 0.5) is 0 Å². The average Bonchev–Trinajstić information content (AvgIpc) is 3.03. The van der Waals surface area contributed by atoms with Crippen LogP contribution < -0.4 is 5.43 Å². The first-order valence-corrected chi connectivity index (χ1v) is 6.62. The number of amides is 1. The van der Waals surface area contributed by atoms with Crippen molar-refractivity contribution in [2.75, 3.05) is 0 Å². The van der Waals surface area contributed by atoms with Gasteiger partial charge in [-0.05, 0) is 32.0 Å². The molecule has 0 spiro atoms. The number of para-hydroxylation sites is 1. The van der Waals surface area contributed by atoms with E-state index in [9.17, 15) is 4.79 Å². The van der Waals surface area contributed by atoms with E-state index in [0.717, 1.165) is 22.2 Å². The summed E-state index contributed by atoms with van der Waals surface area (Å²) < 4.78 is 5.23. The van der Waals surface area contributed by atoms with Gasteiger partial charge in [-0.2, -0.15) is 5.10 Å². The third kappa shape index (κ3) is 2.58. The Hall–Kier alpha value is -2.82.